The Balaban J connectivity index is 1.71. The highest BCUT2D eigenvalue weighted by atomic mass is 35.5. The Bertz CT molecular complexity index is 981. The minimum Gasteiger partial charge on any atom is -0.497 e. The lowest BCUT2D eigenvalue weighted by Crippen LogP contribution is -2.52. The van der Waals surface area contributed by atoms with E-state index in [2.05, 4.69) is 5.32 Å². The van der Waals surface area contributed by atoms with Crippen LogP contribution in [-0.4, -0.2) is 41.7 Å². The molecule has 2 aromatic carbocycles. The summed E-state index contributed by atoms with van der Waals surface area (Å²) in [5.74, 6) is 1.46. The second-order valence-corrected chi connectivity index (χ2v) is 10.7. The Morgan fingerprint density at radius 2 is 1.83 bits per heavy atom. The number of carbonyl (C=O) groups is 2. The van der Waals surface area contributed by atoms with Crippen molar-refractivity contribution in [1.29, 1.82) is 0 Å². The van der Waals surface area contributed by atoms with E-state index in [4.69, 9.17) is 27.9 Å². The van der Waals surface area contributed by atoms with Gasteiger partial charge in [0.25, 0.3) is 0 Å². The van der Waals surface area contributed by atoms with Gasteiger partial charge in [-0.15, -0.1) is 11.8 Å². The smallest absolute Gasteiger partial charge is 0.243 e. The van der Waals surface area contributed by atoms with Gasteiger partial charge in [0.05, 0.1) is 12.9 Å². The molecule has 35 heavy (non-hydrogen) atoms. The first-order chi connectivity index (χ1) is 16.9. The topological polar surface area (TPSA) is 58.6 Å². The highest BCUT2D eigenvalue weighted by molar-refractivity contribution is 7.99. The summed E-state index contributed by atoms with van der Waals surface area (Å²) < 4.78 is 5.26. The summed E-state index contributed by atoms with van der Waals surface area (Å²) in [7, 11) is 1.62. The maximum absolute atomic E-state index is 13.4. The lowest BCUT2D eigenvalue weighted by atomic mass is 9.95. The van der Waals surface area contributed by atoms with E-state index in [-0.39, 0.29) is 23.6 Å². The number of rotatable bonds is 11. The fourth-order valence-corrected chi connectivity index (χ4v) is 5.83. The summed E-state index contributed by atoms with van der Waals surface area (Å²) in [6.45, 7) is 2.32. The van der Waals surface area contributed by atoms with Crippen molar-refractivity contribution in [3.63, 3.8) is 0 Å². The number of hydrogen-bond donors (Lipinski definition) is 1. The average molecular weight is 538 g/mol. The molecule has 1 N–H and O–H groups in total. The number of nitrogens with one attached hydrogen (secondary N) is 1. The van der Waals surface area contributed by atoms with Gasteiger partial charge in [0.15, 0.2) is 0 Å². The molecule has 2 aromatic rings. The number of hydrogen-bond acceptors (Lipinski definition) is 4. The van der Waals surface area contributed by atoms with Crippen LogP contribution < -0.4 is 10.1 Å². The van der Waals surface area contributed by atoms with Crippen LogP contribution >= 0.6 is 35.0 Å². The summed E-state index contributed by atoms with van der Waals surface area (Å²) in [4.78, 5) is 28.5. The molecule has 0 unspecified atom stereocenters. The molecule has 8 heteroatoms. The molecular weight excluding hydrogens is 503 g/mol. The first kappa shape index (κ1) is 27.7. The lowest BCUT2D eigenvalue weighted by molar-refractivity contribution is -0.139. The quantitative estimate of drug-likeness (QED) is 0.356. The van der Waals surface area contributed by atoms with Gasteiger partial charge in [-0.05, 0) is 54.7 Å². The van der Waals surface area contributed by atoms with Gasteiger partial charge in [-0.25, -0.2) is 0 Å². The molecule has 190 valence electrons. The van der Waals surface area contributed by atoms with Crippen LogP contribution in [0.5, 0.6) is 5.75 Å². The second kappa shape index (κ2) is 14.0. The van der Waals surface area contributed by atoms with Crippen LogP contribution in [0.3, 0.4) is 0 Å². The number of methoxy groups -OCH3 is 1. The minimum atomic E-state index is -0.522. The molecular formula is C27H34Cl2N2O3S. The van der Waals surface area contributed by atoms with E-state index in [0.29, 0.717) is 28.8 Å². The summed E-state index contributed by atoms with van der Waals surface area (Å²) in [6.07, 6.45) is 6.06. The number of nitrogens with zero attached hydrogens (tertiary/aromatic N) is 1. The van der Waals surface area contributed by atoms with Gasteiger partial charge in [0.2, 0.25) is 11.8 Å². The SMILES string of the molecule is CC[C@@H](C(=O)NC1CCCCC1)N(Cc1ccc(OC)cc1)C(=O)CSCc1ccc(Cl)cc1Cl. The second-order valence-electron chi connectivity index (χ2n) is 8.87. The zero-order valence-corrected chi connectivity index (χ0v) is 22.7. The van der Waals surface area contributed by atoms with Gasteiger partial charge in [0, 0.05) is 28.4 Å². The van der Waals surface area contributed by atoms with Crippen LogP contribution in [0.15, 0.2) is 42.5 Å². The molecule has 5 nitrogen and oxygen atoms in total. The summed E-state index contributed by atoms with van der Waals surface area (Å²) in [6, 6.07) is 12.7. The zero-order chi connectivity index (χ0) is 25.2. The number of benzene rings is 2. The average Bonchev–Trinajstić information content (AvgIpc) is 2.86. The highest BCUT2D eigenvalue weighted by Crippen LogP contribution is 2.26. The molecule has 1 aliphatic carbocycles. The highest BCUT2D eigenvalue weighted by Gasteiger charge is 2.30. The number of carbonyl (C=O) groups excluding carboxylic acids is 2. The van der Waals surface area contributed by atoms with Crippen LogP contribution in [0.2, 0.25) is 10.0 Å². The van der Waals surface area contributed by atoms with Gasteiger partial charge in [0.1, 0.15) is 11.8 Å². The van der Waals surface area contributed by atoms with Crippen molar-refractivity contribution in [2.24, 2.45) is 0 Å². The third-order valence-electron chi connectivity index (χ3n) is 6.35. The van der Waals surface area contributed by atoms with E-state index in [1.165, 1.54) is 18.2 Å². The molecule has 0 spiro atoms. The third kappa shape index (κ3) is 8.33. The van der Waals surface area contributed by atoms with Gasteiger partial charge < -0.3 is 15.0 Å². The molecule has 1 saturated carbocycles. The van der Waals surface area contributed by atoms with Crippen molar-refractivity contribution in [2.45, 2.75) is 69.8 Å². The van der Waals surface area contributed by atoms with Crippen LogP contribution in [0.4, 0.5) is 0 Å². The first-order valence-electron chi connectivity index (χ1n) is 12.2. The van der Waals surface area contributed by atoms with Crippen molar-refractivity contribution in [3.05, 3.63) is 63.6 Å². The number of halogens is 2. The maximum Gasteiger partial charge on any atom is 0.243 e. The van der Waals surface area contributed by atoms with Crippen LogP contribution in [-0.2, 0) is 21.9 Å². The van der Waals surface area contributed by atoms with Crippen molar-refractivity contribution in [1.82, 2.24) is 10.2 Å². The van der Waals surface area contributed by atoms with E-state index in [9.17, 15) is 9.59 Å². The van der Waals surface area contributed by atoms with Crippen LogP contribution in [0.25, 0.3) is 0 Å². The summed E-state index contributed by atoms with van der Waals surface area (Å²) in [5.41, 5.74) is 1.88. The van der Waals surface area contributed by atoms with E-state index >= 15 is 0 Å². The van der Waals surface area contributed by atoms with Crippen LogP contribution in [0, 0.1) is 0 Å². The Morgan fingerprint density at radius 1 is 1.11 bits per heavy atom. The largest absolute Gasteiger partial charge is 0.497 e. The molecule has 1 aliphatic rings. The van der Waals surface area contributed by atoms with Crippen molar-refractivity contribution >= 4 is 46.8 Å². The molecule has 1 fully saturated rings. The minimum absolute atomic E-state index is 0.0630. The molecule has 0 saturated heterocycles. The molecule has 0 aromatic heterocycles. The fourth-order valence-electron chi connectivity index (χ4n) is 4.36. The lowest BCUT2D eigenvalue weighted by Gasteiger charge is -2.32. The standard InChI is InChI=1S/C27H34Cl2N2O3S/c1-3-25(27(33)30-22-7-5-4-6-8-22)31(16-19-9-13-23(34-2)14-10-19)26(32)18-35-17-20-11-12-21(28)15-24(20)29/h9-15,22,25H,3-8,16-18H2,1-2H3,(H,30,33)/t25-/m0/s1. The third-order valence-corrected chi connectivity index (χ3v) is 7.90. The molecule has 0 heterocycles. The molecule has 0 bridgehead atoms. The molecule has 3 rings (SSSR count). The van der Waals surface area contributed by atoms with E-state index in [0.717, 1.165) is 42.6 Å². The number of ether oxygens (including phenoxy) is 1. The number of thioether (sulfide) groups is 1. The van der Waals surface area contributed by atoms with E-state index < -0.39 is 6.04 Å². The van der Waals surface area contributed by atoms with E-state index in [1.54, 1.807) is 24.1 Å². The van der Waals surface area contributed by atoms with Crippen molar-refractivity contribution in [2.75, 3.05) is 12.9 Å². The zero-order valence-electron chi connectivity index (χ0n) is 20.4. The molecule has 1 atom stereocenters. The fraction of sp³-hybridized carbons (Fsp3) is 0.481. The number of amides is 2. The van der Waals surface area contributed by atoms with Gasteiger partial charge in [-0.1, -0.05) is 67.6 Å². The Kier molecular flexibility index (Phi) is 11.1. The van der Waals surface area contributed by atoms with Crippen molar-refractivity contribution < 1.29 is 14.3 Å². The monoisotopic (exact) mass is 536 g/mol. The Hall–Kier alpha value is -1.89. The van der Waals surface area contributed by atoms with Gasteiger partial charge in [-0.2, -0.15) is 0 Å². The maximum atomic E-state index is 13.4. The first-order valence-corrected chi connectivity index (χ1v) is 14.1. The predicted molar refractivity (Wildman–Crippen MR) is 145 cm³/mol. The van der Waals surface area contributed by atoms with Crippen LogP contribution in [0.1, 0.15) is 56.6 Å². The van der Waals surface area contributed by atoms with Crippen molar-refractivity contribution in [3.8, 4) is 5.75 Å². The predicted octanol–water partition coefficient (Wildman–Crippen LogP) is 6.49. The normalized spacial score (nSPS) is 14.9. The summed E-state index contributed by atoms with van der Waals surface area (Å²) >= 11 is 13.8. The molecule has 0 radical (unpaired) electrons. The molecule has 2 amide bonds. The van der Waals surface area contributed by atoms with Gasteiger partial charge in [-0.3, -0.25) is 9.59 Å². The Morgan fingerprint density at radius 3 is 2.46 bits per heavy atom. The van der Waals surface area contributed by atoms with Gasteiger partial charge >= 0.3 is 0 Å². The molecule has 0 aliphatic heterocycles. The summed E-state index contributed by atoms with van der Waals surface area (Å²) in [5, 5.41) is 4.39. The Labute approximate surface area is 222 Å². The van der Waals surface area contributed by atoms with E-state index in [1.807, 2.05) is 37.3 Å².